The number of aromatic nitrogens is 3. The molecular formula is C14H16N4O3. The number of methoxy groups -OCH3 is 1. The number of ether oxygens (including phenoxy) is 3. The lowest BCUT2D eigenvalue weighted by atomic mass is 9.96. The Kier molecular flexibility index (Phi) is 2.75. The van der Waals surface area contributed by atoms with Crippen LogP contribution in [0, 0.1) is 0 Å². The highest BCUT2D eigenvalue weighted by atomic mass is 16.7. The van der Waals surface area contributed by atoms with Gasteiger partial charge in [-0.3, -0.25) is 0 Å². The molecule has 0 radical (unpaired) electrons. The maximum atomic E-state index is 5.76. The van der Waals surface area contributed by atoms with E-state index in [1.165, 1.54) is 0 Å². The van der Waals surface area contributed by atoms with E-state index in [0.29, 0.717) is 0 Å². The van der Waals surface area contributed by atoms with E-state index < -0.39 is 0 Å². The van der Waals surface area contributed by atoms with Crippen molar-refractivity contribution in [3.63, 3.8) is 0 Å². The third-order valence-corrected chi connectivity index (χ3v) is 4.03. The standard InChI is InChI=1S/C14H16N4O3/c1-19-11-5-3-9(18-13(11)16-14(15)17-18)8-2-4-10-12(6-8)21-7-20-10/h2,4,6,9,11H,3,5,7H2,1H3,(H2,15,17). The minimum absolute atomic E-state index is 0.0555. The van der Waals surface area contributed by atoms with Gasteiger partial charge in [-0.25, -0.2) is 4.68 Å². The molecule has 0 saturated carbocycles. The molecule has 7 nitrogen and oxygen atoms in total. The Labute approximate surface area is 121 Å². The van der Waals surface area contributed by atoms with Gasteiger partial charge in [0.15, 0.2) is 17.3 Å². The topological polar surface area (TPSA) is 84.4 Å². The largest absolute Gasteiger partial charge is 0.454 e. The van der Waals surface area contributed by atoms with E-state index in [9.17, 15) is 0 Å². The Morgan fingerprint density at radius 1 is 1.29 bits per heavy atom. The molecule has 2 unspecified atom stereocenters. The van der Waals surface area contributed by atoms with Crippen molar-refractivity contribution in [2.45, 2.75) is 25.0 Å². The van der Waals surface area contributed by atoms with Gasteiger partial charge in [-0.15, -0.1) is 5.10 Å². The van der Waals surface area contributed by atoms with Crippen LogP contribution in [0.3, 0.4) is 0 Å². The molecule has 0 amide bonds. The summed E-state index contributed by atoms with van der Waals surface area (Å²) in [4.78, 5) is 4.30. The Morgan fingerprint density at radius 3 is 3.00 bits per heavy atom. The highest BCUT2D eigenvalue weighted by Gasteiger charge is 2.31. The maximum Gasteiger partial charge on any atom is 0.239 e. The normalized spacial score (nSPS) is 23.1. The fraction of sp³-hybridized carbons (Fsp3) is 0.429. The summed E-state index contributed by atoms with van der Waals surface area (Å²) >= 11 is 0. The monoisotopic (exact) mass is 288 g/mol. The molecule has 0 fully saturated rings. The van der Waals surface area contributed by atoms with E-state index in [1.54, 1.807) is 7.11 Å². The van der Waals surface area contributed by atoms with Gasteiger partial charge in [0.1, 0.15) is 6.10 Å². The molecule has 1 aromatic heterocycles. The molecule has 2 aromatic rings. The number of nitrogens with zero attached hydrogens (tertiary/aromatic N) is 3. The van der Waals surface area contributed by atoms with E-state index in [-0.39, 0.29) is 24.9 Å². The fourth-order valence-corrected chi connectivity index (χ4v) is 3.01. The lowest BCUT2D eigenvalue weighted by molar-refractivity contribution is 0.0648. The molecule has 7 heteroatoms. The summed E-state index contributed by atoms with van der Waals surface area (Å²) in [7, 11) is 1.68. The van der Waals surface area contributed by atoms with Gasteiger partial charge >= 0.3 is 0 Å². The van der Waals surface area contributed by atoms with Crippen LogP contribution in [0.25, 0.3) is 0 Å². The summed E-state index contributed by atoms with van der Waals surface area (Å²) in [6.45, 7) is 0.275. The first-order valence-electron chi connectivity index (χ1n) is 6.90. The predicted octanol–water partition coefficient (Wildman–Crippen LogP) is 1.66. The zero-order valence-electron chi connectivity index (χ0n) is 11.7. The molecule has 1 aromatic carbocycles. The van der Waals surface area contributed by atoms with E-state index >= 15 is 0 Å². The third-order valence-electron chi connectivity index (χ3n) is 4.03. The van der Waals surface area contributed by atoms with Crippen LogP contribution in [-0.2, 0) is 4.74 Å². The van der Waals surface area contributed by atoms with Gasteiger partial charge in [0.25, 0.3) is 0 Å². The molecule has 0 spiro atoms. The molecule has 2 N–H and O–H groups in total. The van der Waals surface area contributed by atoms with Gasteiger partial charge in [-0.1, -0.05) is 6.07 Å². The SMILES string of the molecule is COC1CCC(c2ccc3c(c2)OCO3)n2nc(N)nc21. The zero-order valence-corrected chi connectivity index (χ0v) is 11.7. The summed E-state index contributed by atoms with van der Waals surface area (Å²) in [5, 5.41) is 4.33. The minimum Gasteiger partial charge on any atom is -0.454 e. The van der Waals surface area contributed by atoms with E-state index in [0.717, 1.165) is 35.7 Å². The van der Waals surface area contributed by atoms with Crippen LogP contribution in [0.2, 0.25) is 0 Å². The minimum atomic E-state index is -0.0555. The lowest BCUT2D eigenvalue weighted by Crippen LogP contribution is -2.24. The van der Waals surface area contributed by atoms with Crippen LogP contribution >= 0.6 is 0 Å². The summed E-state index contributed by atoms with van der Waals surface area (Å²) in [5.74, 6) is 2.61. The summed E-state index contributed by atoms with van der Waals surface area (Å²) in [5.41, 5.74) is 6.87. The predicted molar refractivity (Wildman–Crippen MR) is 74.1 cm³/mol. The van der Waals surface area contributed by atoms with Gasteiger partial charge in [0.05, 0.1) is 6.04 Å². The van der Waals surface area contributed by atoms with Gasteiger partial charge in [-0.05, 0) is 30.5 Å². The Morgan fingerprint density at radius 2 is 2.14 bits per heavy atom. The van der Waals surface area contributed by atoms with E-state index in [2.05, 4.69) is 10.1 Å². The molecular weight excluding hydrogens is 272 g/mol. The van der Waals surface area contributed by atoms with Crippen LogP contribution in [0.1, 0.15) is 36.4 Å². The number of anilines is 1. The average molecular weight is 288 g/mol. The number of fused-ring (bicyclic) bond motifs is 2. The third kappa shape index (κ3) is 1.92. The van der Waals surface area contributed by atoms with Crippen LogP contribution in [0.4, 0.5) is 5.95 Å². The Bertz CT molecular complexity index is 685. The number of nitrogens with two attached hydrogens (primary N) is 1. The Balaban J connectivity index is 1.75. The molecule has 2 atom stereocenters. The molecule has 2 aliphatic rings. The second kappa shape index (κ2) is 4.63. The number of benzene rings is 1. The first kappa shape index (κ1) is 12.5. The van der Waals surface area contributed by atoms with Crippen molar-refractivity contribution in [1.29, 1.82) is 0 Å². The van der Waals surface area contributed by atoms with Gasteiger partial charge in [0, 0.05) is 7.11 Å². The molecule has 110 valence electrons. The highest BCUT2D eigenvalue weighted by Crippen LogP contribution is 2.40. The number of rotatable bonds is 2. The molecule has 2 aliphatic heterocycles. The van der Waals surface area contributed by atoms with Gasteiger partial charge in [-0.2, -0.15) is 4.98 Å². The molecule has 4 rings (SSSR count). The Hall–Kier alpha value is -2.28. The highest BCUT2D eigenvalue weighted by molar-refractivity contribution is 5.45. The quantitative estimate of drug-likeness (QED) is 0.904. The smallest absolute Gasteiger partial charge is 0.239 e. The number of hydrogen-bond donors (Lipinski definition) is 1. The van der Waals surface area contributed by atoms with Crippen molar-refractivity contribution in [3.05, 3.63) is 29.6 Å². The van der Waals surface area contributed by atoms with Gasteiger partial charge < -0.3 is 19.9 Å². The second-order valence-electron chi connectivity index (χ2n) is 5.20. The molecule has 0 saturated heterocycles. The van der Waals surface area contributed by atoms with Gasteiger partial charge in [0.2, 0.25) is 12.7 Å². The maximum absolute atomic E-state index is 5.76. The molecule has 21 heavy (non-hydrogen) atoms. The summed E-state index contributed by atoms with van der Waals surface area (Å²) in [6.07, 6.45) is 1.74. The van der Waals surface area contributed by atoms with Crippen molar-refractivity contribution in [1.82, 2.24) is 14.8 Å². The van der Waals surface area contributed by atoms with Crippen molar-refractivity contribution < 1.29 is 14.2 Å². The molecule has 3 heterocycles. The second-order valence-corrected chi connectivity index (χ2v) is 5.20. The summed E-state index contributed by atoms with van der Waals surface area (Å²) < 4.78 is 18.1. The van der Waals surface area contributed by atoms with Crippen molar-refractivity contribution in [3.8, 4) is 11.5 Å². The number of nitrogen functional groups attached to an aromatic ring is 1. The lowest BCUT2D eigenvalue weighted by Gasteiger charge is -2.28. The van der Waals surface area contributed by atoms with Crippen molar-refractivity contribution in [2.75, 3.05) is 19.6 Å². The number of hydrogen-bond acceptors (Lipinski definition) is 6. The average Bonchev–Trinajstić information content (AvgIpc) is 3.10. The zero-order chi connectivity index (χ0) is 14.4. The van der Waals surface area contributed by atoms with Crippen molar-refractivity contribution >= 4 is 5.95 Å². The van der Waals surface area contributed by atoms with Crippen LogP contribution in [-0.4, -0.2) is 28.7 Å². The van der Waals surface area contributed by atoms with Crippen LogP contribution in [0.15, 0.2) is 18.2 Å². The van der Waals surface area contributed by atoms with Crippen LogP contribution < -0.4 is 15.2 Å². The van der Waals surface area contributed by atoms with Crippen LogP contribution in [0.5, 0.6) is 11.5 Å². The van der Waals surface area contributed by atoms with E-state index in [4.69, 9.17) is 19.9 Å². The summed E-state index contributed by atoms with van der Waals surface area (Å²) in [6, 6.07) is 6.06. The van der Waals surface area contributed by atoms with Crippen molar-refractivity contribution in [2.24, 2.45) is 0 Å². The first-order chi connectivity index (χ1) is 10.3. The van der Waals surface area contributed by atoms with E-state index in [1.807, 2.05) is 22.9 Å². The fourth-order valence-electron chi connectivity index (χ4n) is 3.01. The first-order valence-corrected chi connectivity index (χ1v) is 6.90. The molecule has 0 bridgehead atoms. The molecule has 0 aliphatic carbocycles.